The van der Waals surface area contributed by atoms with E-state index in [9.17, 15) is 8.78 Å². The highest BCUT2D eigenvalue weighted by molar-refractivity contribution is 5.24. The number of nitrogens with one attached hydrogen (secondary N) is 1. The van der Waals surface area contributed by atoms with Crippen molar-refractivity contribution in [3.8, 4) is 0 Å². The van der Waals surface area contributed by atoms with Gasteiger partial charge >= 0.3 is 0 Å². The SMILES string of the molecule is CCNC(Cc1ccc(C)cn1)c1cc(F)cc(F)c1. The number of hydrogen-bond acceptors (Lipinski definition) is 2. The number of benzene rings is 1. The molecule has 2 nitrogen and oxygen atoms in total. The first-order valence-corrected chi connectivity index (χ1v) is 6.69. The van der Waals surface area contributed by atoms with E-state index < -0.39 is 11.6 Å². The maximum Gasteiger partial charge on any atom is 0.126 e. The monoisotopic (exact) mass is 276 g/mol. The summed E-state index contributed by atoms with van der Waals surface area (Å²) in [4.78, 5) is 4.34. The van der Waals surface area contributed by atoms with Gasteiger partial charge in [0.15, 0.2) is 0 Å². The smallest absolute Gasteiger partial charge is 0.126 e. The standard InChI is InChI=1S/C16H18F2N2/c1-3-19-16(9-15-5-4-11(2)10-20-15)12-6-13(17)8-14(18)7-12/h4-8,10,16,19H,3,9H2,1-2H3. The molecular formula is C16H18F2N2. The number of nitrogens with zero attached hydrogens (tertiary/aromatic N) is 1. The predicted octanol–water partition coefficient (Wildman–Crippen LogP) is 3.56. The van der Waals surface area contributed by atoms with Crippen LogP contribution in [0, 0.1) is 18.6 Å². The zero-order valence-electron chi connectivity index (χ0n) is 11.7. The molecule has 1 unspecified atom stereocenters. The Hall–Kier alpha value is -1.81. The van der Waals surface area contributed by atoms with Crippen molar-refractivity contribution in [1.82, 2.24) is 10.3 Å². The van der Waals surface area contributed by atoms with Crippen molar-refractivity contribution >= 4 is 0 Å². The fraction of sp³-hybridized carbons (Fsp3) is 0.312. The fourth-order valence-corrected chi connectivity index (χ4v) is 2.16. The van der Waals surface area contributed by atoms with E-state index in [-0.39, 0.29) is 6.04 Å². The van der Waals surface area contributed by atoms with Gasteiger partial charge in [-0.05, 0) is 42.8 Å². The van der Waals surface area contributed by atoms with Gasteiger partial charge in [0.25, 0.3) is 0 Å². The molecule has 4 heteroatoms. The first-order valence-electron chi connectivity index (χ1n) is 6.69. The van der Waals surface area contributed by atoms with Crippen molar-refractivity contribution in [2.75, 3.05) is 6.54 Å². The second kappa shape index (κ2) is 6.57. The van der Waals surface area contributed by atoms with Crippen molar-refractivity contribution in [1.29, 1.82) is 0 Å². The van der Waals surface area contributed by atoms with E-state index >= 15 is 0 Å². The maximum absolute atomic E-state index is 13.3. The summed E-state index contributed by atoms with van der Waals surface area (Å²) in [5, 5.41) is 3.24. The Kier molecular flexibility index (Phi) is 4.79. The van der Waals surface area contributed by atoms with Crippen LogP contribution in [0.4, 0.5) is 8.78 Å². The summed E-state index contributed by atoms with van der Waals surface area (Å²) >= 11 is 0. The van der Waals surface area contributed by atoms with Crippen LogP contribution in [-0.2, 0) is 6.42 Å². The van der Waals surface area contributed by atoms with Crippen molar-refractivity contribution in [3.05, 3.63) is 65.0 Å². The summed E-state index contributed by atoms with van der Waals surface area (Å²) in [6, 6.07) is 7.39. The van der Waals surface area contributed by atoms with Crippen LogP contribution in [0.1, 0.15) is 29.8 Å². The minimum absolute atomic E-state index is 0.152. The van der Waals surface area contributed by atoms with Crippen molar-refractivity contribution in [2.45, 2.75) is 26.3 Å². The third-order valence-electron chi connectivity index (χ3n) is 3.12. The van der Waals surface area contributed by atoms with Crippen molar-refractivity contribution in [2.24, 2.45) is 0 Å². The Morgan fingerprint density at radius 2 is 1.85 bits per heavy atom. The maximum atomic E-state index is 13.3. The molecule has 20 heavy (non-hydrogen) atoms. The summed E-state index contributed by atoms with van der Waals surface area (Å²) < 4.78 is 26.7. The van der Waals surface area contributed by atoms with Gasteiger partial charge in [0.2, 0.25) is 0 Å². The highest BCUT2D eigenvalue weighted by Crippen LogP contribution is 2.20. The molecule has 0 aliphatic heterocycles. The van der Waals surface area contributed by atoms with Crippen LogP contribution >= 0.6 is 0 Å². The highest BCUT2D eigenvalue weighted by Gasteiger charge is 2.14. The van der Waals surface area contributed by atoms with Crippen molar-refractivity contribution in [3.63, 3.8) is 0 Å². The normalized spacial score (nSPS) is 12.4. The number of aromatic nitrogens is 1. The first kappa shape index (κ1) is 14.6. The van der Waals surface area contributed by atoms with E-state index in [1.165, 1.54) is 12.1 Å². The molecule has 2 rings (SSSR count). The topological polar surface area (TPSA) is 24.9 Å². The molecule has 2 aromatic rings. The second-order valence-corrected chi connectivity index (χ2v) is 4.84. The molecule has 106 valence electrons. The molecule has 0 saturated carbocycles. The Morgan fingerprint density at radius 1 is 1.15 bits per heavy atom. The Bertz CT molecular complexity index is 547. The number of halogens is 2. The number of rotatable bonds is 5. The molecule has 0 spiro atoms. The van der Waals surface area contributed by atoms with Gasteiger partial charge in [-0.1, -0.05) is 13.0 Å². The number of pyridine rings is 1. The molecule has 0 bridgehead atoms. The van der Waals surface area contributed by atoms with Crippen LogP contribution in [-0.4, -0.2) is 11.5 Å². The molecule has 1 atom stereocenters. The van der Waals surface area contributed by atoms with Gasteiger partial charge < -0.3 is 5.32 Å². The molecule has 0 radical (unpaired) electrons. The lowest BCUT2D eigenvalue weighted by molar-refractivity contribution is 0.525. The van der Waals surface area contributed by atoms with E-state index in [4.69, 9.17) is 0 Å². The van der Waals surface area contributed by atoms with E-state index in [0.29, 0.717) is 18.5 Å². The number of likely N-dealkylation sites (N-methyl/N-ethyl adjacent to an activating group) is 1. The summed E-state index contributed by atoms with van der Waals surface area (Å²) in [5.74, 6) is -1.11. The Balaban J connectivity index is 2.23. The molecule has 1 N–H and O–H groups in total. The Morgan fingerprint density at radius 3 is 2.40 bits per heavy atom. The third-order valence-corrected chi connectivity index (χ3v) is 3.12. The average molecular weight is 276 g/mol. The first-order chi connectivity index (χ1) is 9.58. The van der Waals surface area contributed by atoms with E-state index in [1.807, 2.05) is 26.0 Å². The number of aryl methyl sites for hydroxylation is 1. The summed E-state index contributed by atoms with van der Waals surface area (Å²) in [7, 11) is 0. The molecule has 1 aromatic heterocycles. The van der Waals surface area contributed by atoms with Crippen LogP contribution in [0.3, 0.4) is 0 Å². The quantitative estimate of drug-likeness (QED) is 0.903. The molecule has 0 amide bonds. The zero-order chi connectivity index (χ0) is 14.5. The lowest BCUT2D eigenvalue weighted by atomic mass is 10.0. The summed E-state index contributed by atoms with van der Waals surface area (Å²) in [6.45, 7) is 4.65. The van der Waals surface area contributed by atoms with Crippen molar-refractivity contribution < 1.29 is 8.78 Å². The predicted molar refractivity (Wildman–Crippen MR) is 75.5 cm³/mol. The molecular weight excluding hydrogens is 258 g/mol. The molecule has 0 fully saturated rings. The van der Waals surface area contributed by atoms with Gasteiger partial charge in [0, 0.05) is 30.4 Å². The second-order valence-electron chi connectivity index (χ2n) is 4.84. The van der Waals surface area contributed by atoms with Gasteiger partial charge in [-0.25, -0.2) is 8.78 Å². The van der Waals surface area contributed by atoms with E-state index in [0.717, 1.165) is 17.3 Å². The van der Waals surface area contributed by atoms with Crippen LogP contribution < -0.4 is 5.32 Å². The summed E-state index contributed by atoms with van der Waals surface area (Å²) in [6.07, 6.45) is 2.39. The van der Waals surface area contributed by atoms with Gasteiger partial charge in [-0.15, -0.1) is 0 Å². The van der Waals surface area contributed by atoms with Crippen LogP contribution in [0.15, 0.2) is 36.5 Å². The minimum atomic E-state index is -0.556. The van der Waals surface area contributed by atoms with E-state index in [2.05, 4.69) is 10.3 Å². The van der Waals surface area contributed by atoms with Gasteiger partial charge in [-0.3, -0.25) is 4.98 Å². The fourth-order valence-electron chi connectivity index (χ4n) is 2.16. The molecule has 0 aliphatic carbocycles. The van der Waals surface area contributed by atoms with Crippen LogP contribution in [0.5, 0.6) is 0 Å². The summed E-state index contributed by atoms with van der Waals surface area (Å²) in [5.41, 5.74) is 2.59. The van der Waals surface area contributed by atoms with Gasteiger partial charge in [0.1, 0.15) is 11.6 Å². The molecule has 0 aliphatic rings. The lowest BCUT2D eigenvalue weighted by Gasteiger charge is -2.18. The third kappa shape index (κ3) is 3.84. The molecule has 1 aromatic carbocycles. The number of hydrogen-bond donors (Lipinski definition) is 1. The lowest BCUT2D eigenvalue weighted by Crippen LogP contribution is -2.23. The average Bonchev–Trinajstić information content (AvgIpc) is 2.39. The molecule has 1 heterocycles. The zero-order valence-corrected chi connectivity index (χ0v) is 11.7. The van der Waals surface area contributed by atoms with Gasteiger partial charge in [-0.2, -0.15) is 0 Å². The Labute approximate surface area is 117 Å². The van der Waals surface area contributed by atoms with Crippen LogP contribution in [0.25, 0.3) is 0 Å². The van der Waals surface area contributed by atoms with Crippen LogP contribution in [0.2, 0.25) is 0 Å². The minimum Gasteiger partial charge on any atom is -0.310 e. The molecule has 0 saturated heterocycles. The van der Waals surface area contributed by atoms with Gasteiger partial charge in [0.05, 0.1) is 0 Å². The highest BCUT2D eigenvalue weighted by atomic mass is 19.1. The van der Waals surface area contributed by atoms with E-state index in [1.54, 1.807) is 6.20 Å². The largest absolute Gasteiger partial charge is 0.310 e.